The topological polar surface area (TPSA) is 47.6 Å². The maximum absolute atomic E-state index is 6.00. The second-order valence-electron chi connectivity index (χ2n) is 1.30. The third-order valence-corrected chi connectivity index (χ3v) is 1.26. The standard InChI is InChI=1S/C6H5Br.ClH.N2/c7-6-4-2-1-3-5-6;;1-2/h1-5H;1H;. The fourth-order valence-corrected chi connectivity index (χ4v) is 0.720. The molecular formula is C6H6BrClN2. The molecule has 0 amide bonds. The van der Waals surface area contributed by atoms with E-state index in [9.17, 15) is 0 Å². The number of halogens is 2. The van der Waals surface area contributed by atoms with E-state index in [0.29, 0.717) is 0 Å². The molecule has 0 spiro atoms. The summed E-state index contributed by atoms with van der Waals surface area (Å²) in [6, 6.07) is 9.97. The highest BCUT2D eigenvalue weighted by Gasteiger charge is 1.74. The van der Waals surface area contributed by atoms with Crippen molar-refractivity contribution in [3.8, 4) is 0 Å². The molecule has 0 radical (unpaired) electrons. The number of benzene rings is 1. The van der Waals surface area contributed by atoms with E-state index in [1.54, 1.807) is 0 Å². The lowest BCUT2D eigenvalue weighted by molar-refractivity contribution is 1.15. The normalized spacial score (nSPS) is 6.30. The van der Waals surface area contributed by atoms with Crippen LogP contribution in [0.25, 0.3) is 0 Å². The molecule has 1 rings (SSSR count). The predicted octanol–water partition coefficient (Wildman–Crippen LogP) is 2.90. The quantitative estimate of drug-likeness (QED) is 0.633. The molecule has 0 aliphatic heterocycles. The third kappa shape index (κ3) is 5.54. The maximum atomic E-state index is 6.00. The van der Waals surface area contributed by atoms with Gasteiger partial charge >= 0.3 is 0 Å². The Hall–Kier alpha value is -0.590. The van der Waals surface area contributed by atoms with Crippen molar-refractivity contribution in [3.05, 3.63) is 34.8 Å². The van der Waals surface area contributed by atoms with E-state index in [-0.39, 0.29) is 12.4 Å². The Kier molecular flexibility index (Phi) is 10.2. The Morgan fingerprint density at radius 2 is 1.40 bits per heavy atom. The van der Waals surface area contributed by atoms with Gasteiger partial charge in [-0.25, -0.2) is 0 Å². The molecule has 0 heterocycles. The highest BCUT2D eigenvalue weighted by molar-refractivity contribution is 9.10. The maximum Gasteiger partial charge on any atom is 0.0175 e. The van der Waals surface area contributed by atoms with Gasteiger partial charge in [-0.05, 0) is 12.1 Å². The fourth-order valence-electron chi connectivity index (χ4n) is 0.415. The third-order valence-electron chi connectivity index (χ3n) is 0.733. The van der Waals surface area contributed by atoms with Gasteiger partial charge < -0.3 is 0 Å². The minimum atomic E-state index is 0. The van der Waals surface area contributed by atoms with Crippen LogP contribution < -0.4 is 0 Å². The van der Waals surface area contributed by atoms with Crippen LogP contribution in [-0.4, -0.2) is 0 Å². The summed E-state index contributed by atoms with van der Waals surface area (Å²) in [6.07, 6.45) is 0. The molecule has 2 nitrogen and oxygen atoms in total. The number of hydrogen-bond acceptors (Lipinski definition) is 2. The summed E-state index contributed by atoms with van der Waals surface area (Å²) in [4.78, 5) is 0. The van der Waals surface area contributed by atoms with Crippen molar-refractivity contribution in [2.45, 2.75) is 0 Å². The van der Waals surface area contributed by atoms with Crippen LogP contribution in [0.5, 0.6) is 0 Å². The molecule has 0 N–H and O–H groups in total. The lowest BCUT2D eigenvalue weighted by atomic mass is 10.4. The average Bonchev–Trinajstić information content (AvgIpc) is 1.94. The van der Waals surface area contributed by atoms with Gasteiger partial charge in [0.25, 0.3) is 0 Å². The van der Waals surface area contributed by atoms with E-state index in [1.165, 1.54) is 0 Å². The van der Waals surface area contributed by atoms with Crippen LogP contribution in [0.4, 0.5) is 0 Å². The lowest BCUT2D eigenvalue weighted by Gasteiger charge is -1.80. The zero-order chi connectivity index (χ0) is 7.11. The Morgan fingerprint density at radius 3 is 1.60 bits per heavy atom. The Bertz CT molecular complexity index is 176. The van der Waals surface area contributed by atoms with Gasteiger partial charge in [0.1, 0.15) is 0 Å². The minimum absolute atomic E-state index is 0. The SMILES string of the molecule is Brc1ccccc1.Cl.N#N. The second kappa shape index (κ2) is 8.41. The van der Waals surface area contributed by atoms with Crippen LogP contribution in [0.2, 0.25) is 0 Å². The number of rotatable bonds is 0. The second-order valence-corrected chi connectivity index (χ2v) is 2.21. The van der Waals surface area contributed by atoms with Crippen LogP contribution in [0.15, 0.2) is 34.8 Å². The number of hydrogen-bond donors (Lipinski definition) is 0. The van der Waals surface area contributed by atoms with Crippen LogP contribution in [0, 0.1) is 10.8 Å². The molecule has 0 aromatic heterocycles. The molecule has 0 aliphatic rings. The molecule has 4 heteroatoms. The first-order chi connectivity index (χ1) is 4.39. The molecule has 0 aliphatic carbocycles. The van der Waals surface area contributed by atoms with E-state index in [2.05, 4.69) is 15.9 Å². The van der Waals surface area contributed by atoms with E-state index in [0.717, 1.165) is 4.47 Å². The van der Waals surface area contributed by atoms with Gasteiger partial charge in [0.2, 0.25) is 0 Å². The largest absolute Gasteiger partial charge is 0.147 e. The molecule has 0 fully saturated rings. The molecule has 54 valence electrons. The molecule has 0 atom stereocenters. The van der Waals surface area contributed by atoms with Crippen molar-refractivity contribution in [1.29, 1.82) is 10.8 Å². The van der Waals surface area contributed by atoms with E-state index < -0.39 is 0 Å². The van der Waals surface area contributed by atoms with Crippen molar-refractivity contribution in [3.63, 3.8) is 0 Å². The monoisotopic (exact) mass is 220 g/mol. The molecular weight excluding hydrogens is 215 g/mol. The Balaban J connectivity index is 0. The number of nitrogens with zero attached hydrogens (tertiary/aromatic N) is 2. The van der Waals surface area contributed by atoms with Crippen molar-refractivity contribution in [2.24, 2.45) is 0 Å². The molecule has 1 aromatic carbocycles. The summed E-state index contributed by atoms with van der Waals surface area (Å²) in [7, 11) is 0. The van der Waals surface area contributed by atoms with E-state index >= 15 is 0 Å². The zero-order valence-electron chi connectivity index (χ0n) is 5.07. The summed E-state index contributed by atoms with van der Waals surface area (Å²) in [5, 5.41) is 12.0. The predicted molar refractivity (Wildman–Crippen MR) is 44.8 cm³/mol. The van der Waals surface area contributed by atoms with Crippen LogP contribution in [-0.2, 0) is 0 Å². The zero-order valence-corrected chi connectivity index (χ0v) is 7.47. The average molecular weight is 221 g/mol. The molecule has 0 bridgehead atoms. The van der Waals surface area contributed by atoms with Gasteiger partial charge in [-0.3, -0.25) is 0 Å². The minimum Gasteiger partial charge on any atom is -0.147 e. The van der Waals surface area contributed by atoms with Gasteiger partial charge in [-0.1, -0.05) is 34.1 Å². The molecule has 10 heavy (non-hydrogen) atoms. The van der Waals surface area contributed by atoms with Crippen molar-refractivity contribution in [1.82, 2.24) is 0 Å². The van der Waals surface area contributed by atoms with E-state index in [4.69, 9.17) is 10.8 Å². The molecule has 0 unspecified atom stereocenters. The summed E-state index contributed by atoms with van der Waals surface area (Å²) >= 11 is 3.31. The van der Waals surface area contributed by atoms with Gasteiger partial charge in [0.05, 0.1) is 0 Å². The highest BCUT2D eigenvalue weighted by Crippen LogP contribution is 2.05. The van der Waals surface area contributed by atoms with Crippen molar-refractivity contribution in [2.75, 3.05) is 0 Å². The van der Waals surface area contributed by atoms with Crippen LogP contribution in [0.3, 0.4) is 0 Å². The summed E-state index contributed by atoms with van der Waals surface area (Å²) in [6.45, 7) is 0. The van der Waals surface area contributed by atoms with Gasteiger partial charge in [0.15, 0.2) is 0 Å². The molecule has 0 saturated carbocycles. The Morgan fingerprint density at radius 1 is 1.00 bits per heavy atom. The van der Waals surface area contributed by atoms with Gasteiger partial charge in [-0.15, -0.1) is 12.4 Å². The lowest BCUT2D eigenvalue weighted by Crippen LogP contribution is -1.55. The summed E-state index contributed by atoms with van der Waals surface area (Å²) < 4.78 is 1.13. The first-order valence-corrected chi connectivity index (χ1v) is 3.09. The van der Waals surface area contributed by atoms with Crippen molar-refractivity contribution < 1.29 is 0 Å². The highest BCUT2D eigenvalue weighted by atomic mass is 79.9. The Labute approximate surface area is 74.2 Å². The van der Waals surface area contributed by atoms with Gasteiger partial charge in [-0.2, -0.15) is 0 Å². The van der Waals surface area contributed by atoms with Crippen molar-refractivity contribution >= 4 is 28.3 Å². The summed E-state index contributed by atoms with van der Waals surface area (Å²) in [5.74, 6) is 0. The first kappa shape index (κ1) is 12.1. The fraction of sp³-hybridized carbons (Fsp3) is 0. The molecule has 1 aromatic rings. The van der Waals surface area contributed by atoms with Crippen LogP contribution in [0.1, 0.15) is 0 Å². The van der Waals surface area contributed by atoms with Gasteiger partial charge in [0, 0.05) is 15.3 Å². The van der Waals surface area contributed by atoms with Crippen LogP contribution >= 0.6 is 28.3 Å². The summed E-state index contributed by atoms with van der Waals surface area (Å²) in [5.41, 5.74) is 0. The first-order valence-electron chi connectivity index (χ1n) is 2.30. The smallest absolute Gasteiger partial charge is 0.0175 e. The van der Waals surface area contributed by atoms with E-state index in [1.807, 2.05) is 30.3 Å². The molecule has 0 saturated heterocycles.